The minimum atomic E-state index is -0.0440. The third kappa shape index (κ3) is 3.53. The molecule has 1 aliphatic rings. The second-order valence-electron chi connectivity index (χ2n) is 4.71. The molecule has 0 spiro atoms. The molecule has 4 nitrogen and oxygen atoms in total. The zero-order valence-corrected chi connectivity index (χ0v) is 11.8. The Kier molecular flexibility index (Phi) is 4.72. The van der Waals surface area contributed by atoms with Crippen LogP contribution in [-0.2, 0) is 16.1 Å². The molecule has 0 N–H and O–H groups in total. The van der Waals surface area contributed by atoms with Crippen molar-refractivity contribution in [1.82, 2.24) is 9.88 Å². The van der Waals surface area contributed by atoms with Crippen LogP contribution >= 0.6 is 11.3 Å². The smallest absolute Gasteiger partial charge is 0.310 e. The molecule has 0 bridgehead atoms. The fraction of sp³-hybridized carbons (Fsp3) is 0.692. The highest BCUT2D eigenvalue weighted by molar-refractivity contribution is 7.09. The number of likely N-dealkylation sites (tertiary alicyclic amines) is 1. The van der Waals surface area contributed by atoms with Gasteiger partial charge in [0.1, 0.15) is 5.01 Å². The van der Waals surface area contributed by atoms with Gasteiger partial charge in [-0.3, -0.25) is 9.69 Å². The molecule has 2 heterocycles. The third-order valence-corrected chi connectivity index (χ3v) is 4.10. The Balaban J connectivity index is 1.88. The maximum absolute atomic E-state index is 11.7. The zero-order valence-electron chi connectivity index (χ0n) is 11.0. The van der Waals surface area contributed by atoms with Crippen molar-refractivity contribution in [2.45, 2.75) is 33.2 Å². The number of aryl methyl sites for hydroxylation is 1. The summed E-state index contributed by atoms with van der Waals surface area (Å²) in [5.41, 5.74) is 1.08. The first kappa shape index (κ1) is 13.5. The molecule has 1 aromatic rings. The van der Waals surface area contributed by atoms with E-state index >= 15 is 0 Å². The predicted molar refractivity (Wildman–Crippen MR) is 71.5 cm³/mol. The van der Waals surface area contributed by atoms with Gasteiger partial charge < -0.3 is 4.74 Å². The second-order valence-corrected chi connectivity index (χ2v) is 5.65. The van der Waals surface area contributed by atoms with Crippen LogP contribution in [0.5, 0.6) is 0 Å². The van der Waals surface area contributed by atoms with Gasteiger partial charge in [0.25, 0.3) is 0 Å². The Morgan fingerprint density at radius 1 is 1.67 bits per heavy atom. The highest BCUT2D eigenvalue weighted by Gasteiger charge is 2.27. The summed E-state index contributed by atoms with van der Waals surface area (Å²) in [5.74, 6) is -0.00252. The fourth-order valence-corrected chi connectivity index (χ4v) is 3.13. The van der Waals surface area contributed by atoms with E-state index in [0.717, 1.165) is 43.2 Å². The highest BCUT2D eigenvalue weighted by Crippen LogP contribution is 2.21. The van der Waals surface area contributed by atoms with Crippen LogP contribution in [-0.4, -0.2) is 35.5 Å². The number of hydrogen-bond acceptors (Lipinski definition) is 5. The minimum absolute atomic E-state index is 0.0414. The van der Waals surface area contributed by atoms with E-state index in [1.807, 2.05) is 13.8 Å². The molecule has 1 saturated heterocycles. The maximum atomic E-state index is 11.7. The van der Waals surface area contributed by atoms with Crippen LogP contribution in [0.1, 0.15) is 30.5 Å². The number of aromatic nitrogens is 1. The molecular formula is C13H20N2O2S. The van der Waals surface area contributed by atoms with E-state index in [4.69, 9.17) is 4.74 Å². The van der Waals surface area contributed by atoms with Crippen molar-refractivity contribution in [3.63, 3.8) is 0 Å². The van der Waals surface area contributed by atoms with Crippen molar-refractivity contribution in [2.75, 3.05) is 19.7 Å². The first-order valence-corrected chi connectivity index (χ1v) is 7.37. The second kappa shape index (κ2) is 6.29. The van der Waals surface area contributed by atoms with E-state index < -0.39 is 0 Å². The molecule has 2 rings (SSSR count). The summed E-state index contributed by atoms with van der Waals surface area (Å²) in [4.78, 5) is 18.5. The number of nitrogens with zero attached hydrogens (tertiary/aromatic N) is 2. The molecule has 0 saturated carbocycles. The van der Waals surface area contributed by atoms with Gasteiger partial charge in [-0.2, -0.15) is 0 Å². The summed E-state index contributed by atoms with van der Waals surface area (Å²) >= 11 is 1.69. The van der Waals surface area contributed by atoms with Gasteiger partial charge in [-0.25, -0.2) is 4.98 Å². The number of piperidine rings is 1. The summed E-state index contributed by atoms with van der Waals surface area (Å²) in [6.45, 7) is 7.05. The number of hydrogen-bond donors (Lipinski definition) is 0. The lowest BCUT2D eigenvalue weighted by molar-refractivity contribution is -0.150. The summed E-state index contributed by atoms with van der Waals surface area (Å²) < 4.78 is 5.11. The Bertz CT molecular complexity index is 405. The predicted octanol–water partition coefficient (Wildman–Crippen LogP) is 2.23. The van der Waals surface area contributed by atoms with E-state index in [2.05, 4.69) is 15.3 Å². The van der Waals surface area contributed by atoms with Crippen LogP contribution in [0.2, 0.25) is 0 Å². The highest BCUT2D eigenvalue weighted by atomic mass is 32.1. The van der Waals surface area contributed by atoms with Crippen LogP contribution in [0.3, 0.4) is 0 Å². The largest absolute Gasteiger partial charge is 0.466 e. The molecule has 5 heteroatoms. The number of esters is 1. The average Bonchev–Trinajstić information content (AvgIpc) is 2.75. The Morgan fingerprint density at radius 2 is 2.50 bits per heavy atom. The standard InChI is InChI=1S/C13H20N2O2S/c1-3-17-13(16)11-5-4-6-15(7-11)8-12-14-10(2)9-18-12/h9,11H,3-8H2,1-2H3/t11-/m1/s1. The van der Waals surface area contributed by atoms with E-state index in [1.54, 1.807) is 11.3 Å². The number of carbonyl (C=O) groups excluding carboxylic acids is 1. The average molecular weight is 268 g/mol. The lowest BCUT2D eigenvalue weighted by Crippen LogP contribution is -2.38. The normalized spacial score (nSPS) is 20.9. The molecular weight excluding hydrogens is 248 g/mol. The SMILES string of the molecule is CCOC(=O)[C@@H]1CCCN(Cc2nc(C)cs2)C1. The topological polar surface area (TPSA) is 42.4 Å². The van der Waals surface area contributed by atoms with Crippen LogP contribution in [0, 0.1) is 12.8 Å². The number of carbonyl (C=O) groups is 1. The molecule has 1 atom stereocenters. The van der Waals surface area contributed by atoms with Gasteiger partial charge in [-0.05, 0) is 33.2 Å². The van der Waals surface area contributed by atoms with Crippen molar-refractivity contribution in [1.29, 1.82) is 0 Å². The van der Waals surface area contributed by atoms with Crippen LogP contribution < -0.4 is 0 Å². The van der Waals surface area contributed by atoms with Gasteiger partial charge in [0.15, 0.2) is 0 Å². The number of ether oxygens (including phenoxy) is 1. The summed E-state index contributed by atoms with van der Waals surface area (Å²) in [6, 6.07) is 0. The van der Waals surface area contributed by atoms with Gasteiger partial charge in [0.2, 0.25) is 0 Å². The molecule has 1 aliphatic heterocycles. The van der Waals surface area contributed by atoms with Gasteiger partial charge in [0, 0.05) is 17.6 Å². The maximum Gasteiger partial charge on any atom is 0.310 e. The van der Waals surface area contributed by atoms with Crippen molar-refractivity contribution in [3.05, 3.63) is 16.1 Å². The summed E-state index contributed by atoms with van der Waals surface area (Å²) in [6.07, 6.45) is 2.01. The van der Waals surface area contributed by atoms with Gasteiger partial charge in [-0.1, -0.05) is 0 Å². The number of rotatable bonds is 4. The molecule has 1 aromatic heterocycles. The molecule has 1 fully saturated rings. The summed E-state index contributed by atoms with van der Waals surface area (Å²) in [5, 5.41) is 3.21. The van der Waals surface area contributed by atoms with Gasteiger partial charge in [0.05, 0.1) is 19.1 Å². The van der Waals surface area contributed by atoms with Crippen molar-refractivity contribution in [2.24, 2.45) is 5.92 Å². The lowest BCUT2D eigenvalue weighted by Gasteiger charge is -2.30. The fourth-order valence-electron chi connectivity index (χ4n) is 2.32. The van der Waals surface area contributed by atoms with E-state index in [0.29, 0.717) is 6.61 Å². The van der Waals surface area contributed by atoms with Gasteiger partial charge >= 0.3 is 5.97 Å². The molecule has 18 heavy (non-hydrogen) atoms. The minimum Gasteiger partial charge on any atom is -0.466 e. The van der Waals surface area contributed by atoms with E-state index in [9.17, 15) is 4.79 Å². The zero-order chi connectivity index (χ0) is 13.0. The van der Waals surface area contributed by atoms with Crippen LogP contribution in [0.4, 0.5) is 0 Å². The Labute approximate surface area is 112 Å². The Morgan fingerprint density at radius 3 is 3.17 bits per heavy atom. The Hall–Kier alpha value is -0.940. The molecule has 0 aromatic carbocycles. The quantitative estimate of drug-likeness (QED) is 0.785. The van der Waals surface area contributed by atoms with E-state index in [1.165, 1.54) is 0 Å². The molecule has 100 valence electrons. The van der Waals surface area contributed by atoms with Gasteiger partial charge in [-0.15, -0.1) is 11.3 Å². The molecule has 0 unspecified atom stereocenters. The van der Waals surface area contributed by atoms with Crippen LogP contribution in [0.15, 0.2) is 5.38 Å². The first-order valence-electron chi connectivity index (χ1n) is 6.49. The van der Waals surface area contributed by atoms with Crippen LogP contribution in [0.25, 0.3) is 0 Å². The molecule has 0 aliphatic carbocycles. The lowest BCUT2D eigenvalue weighted by atomic mass is 9.98. The first-order chi connectivity index (χ1) is 8.69. The molecule has 0 radical (unpaired) electrons. The monoisotopic (exact) mass is 268 g/mol. The van der Waals surface area contributed by atoms with Crippen molar-refractivity contribution >= 4 is 17.3 Å². The van der Waals surface area contributed by atoms with Crippen molar-refractivity contribution in [3.8, 4) is 0 Å². The summed E-state index contributed by atoms with van der Waals surface area (Å²) in [7, 11) is 0. The molecule has 0 amide bonds. The van der Waals surface area contributed by atoms with E-state index in [-0.39, 0.29) is 11.9 Å². The number of thiazole rings is 1. The van der Waals surface area contributed by atoms with Crippen molar-refractivity contribution < 1.29 is 9.53 Å². The third-order valence-electron chi connectivity index (χ3n) is 3.15.